The topological polar surface area (TPSA) is 61.4 Å². The molecule has 5 nitrogen and oxygen atoms in total. The van der Waals surface area contributed by atoms with Crippen molar-refractivity contribution in [3.63, 3.8) is 0 Å². The Labute approximate surface area is 181 Å². The van der Waals surface area contributed by atoms with E-state index < -0.39 is 0 Å². The van der Waals surface area contributed by atoms with Gasteiger partial charge in [-0.2, -0.15) is 0 Å². The molecule has 1 saturated heterocycles. The number of amides is 2. The summed E-state index contributed by atoms with van der Waals surface area (Å²) < 4.78 is 0. The summed E-state index contributed by atoms with van der Waals surface area (Å²) in [7, 11) is 0. The molecule has 3 rings (SSSR count). The van der Waals surface area contributed by atoms with Crippen molar-refractivity contribution >= 4 is 40.7 Å². The number of benzene rings is 2. The lowest BCUT2D eigenvalue weighted by Crippen LogP contribution is -2.32. The highest BCUT2D eigenvalue weighted by Gasteiger charge is 2.23. The lowest BCUT2D eigenvalue weighted by Gasteiger charge is -2.17. The van der Waals surface area contributed by atoms with Gasteiger partial charge in [0.1, 0.15) is 0 Å². The number of anilines is 1. The first kappa shape index (κ1) is 21.6. The van der Waals surface area contributed by atoms with Crippen molar-refractivity contribution in [3.8, 4) is 0 Å². The first-order valence-corrected chi connectivity index (χ1v) is 10.4. The van der Waals surface area contributed by atoms with Crippen LogP contribution in [0.15, 0.2) is 42.5 Å². The Morgan fingerprint density at radius 3 is 2.76 bits per heavy atom. The van der Waals surface area contributed by atoms with Gasteiger partial charge in [-0.15, -0.1) is 0 Å². The zero-order valence-corrected chi connectivity index (χ0v) is 17.9. The summed E-state index contributed by atoms with van der Waals surface area (Å²) in [5, 5.41) is 6.97. The summed E-state index contributed by atoms with van der Waals surface area (Å²) in [6.45, 7) is 4.78. The van der Waals surface area contributed by atoms with E-state index in [1.807, 2.05) is 36.4 Å². The van der Waals surface area contributed by atoms with Crippen LogP contribution in [0.3, 0.4) is 0 Å². The summed E-state index contributed by atoms with van der Waals surface area (Å²) in [5.74, 6) is 0.278. The Balaban J connectivity index is 1.44. The van der Waals surface area contributed by atoms with E-state index >= 15 is 0 Å². The smallest absolute Gasteiger partial charge is 0.224 e. The fourth-order valence-electron chi connectivity index (χ4n) is 3.60. The second-order valence-electron chi connectivity index (χ2n) is 7.47. The van der Waals surface area contributed by atoms with Crippen LogP contribution in [0.2, 0.25) is 10.0 Å². The van der Waals surface area contributed by atoms with Crippen molar-refractivity contribution in [1.29, 1.82) is 0 Å². The molecule has 0 unspecified atom stereocenters. The second-order valence-corrected chi connectivity index (χ2v) is 8.25. The molecule has 2 aromatic rings. The van der Waals surface area contributed by atoms with Gasteiger partial charge in [-0.25, -0.2) is 0 Å². The maximum absolute atomic E-state index is 12.3. The van der Waals surface area contributed by atoms with Gasteiger partial charge in [-0.3, -0.25) is 14.5 Å². The van der Waals surface area contributed by atoms with Crippen LogP contribution in [-0.4, -0.2) is 36.3 Å². The van der Waals surface area contributed by atoms with Gasteiger partial charge < -0.3 is 10.6 Å². The van der Waals surface area contributed by atoms with Crippen molar-refractivity contribution < 1.29 is 9.59 Å². The second kappa shape index (κ2) is 10.1. The van der Waals surface area contributed by atoms with E-state index in [4.69, 9.17) is 23.2 Å². The fraction of sp³-hybridized carbons (Fsp3) is 0.364. The van der Waals surface area contributed by atoms with Gasteiger partial charge in [0.15, 0.2) is 0 Å². The Morgan fingerprint density at radius 2 is 1.97 bits per heavy atom. The number of hydrogen-bond acceptors (Lipinski definition) is 3. The van der Waals surface area contributed by atoms with E-state index in [-0.39, 0.29) is 11.8 Å². The minimum absolute atomic E-state index is 0.0127. The lowest BCUT2D eigenvalue weighted by molar-refractivity contribution is -0.120. The fourth-order valence-corrected chi connectivity index (χ4v) is 3.98. The SMILES string of the molecule is CC(=O)Nc1cccc(CC(=O)NC[C@@H]2CCN(Cc3cccc(Cl)c3Cl)C2)c1. The minimum atomic E-state index is -0.128. The highest BCUT2D eigenvalue weighted by molar-refractivity contribution is 6.42. The first-order valence-electron chi connectivity index (χ1n) is 9.69. The van der Waals surface area contributed by atoms with Crippen LogP contribution in [0.5, 0.6) is 0 Å². The standard InChI is InChI=1S/C22H25Cl2N3O2/c1-15(28)26-19-6-2-4-16(10-19)11-21(29)25-12-17-8-9-27(13-17)14-18-5-3-7-20(23)22(18)24/h2-7,10,17H,8-9,11-14H2,1H3,(H,25,29)(H,26,28)/t17-/m0/s1. The van der Waals surface area contributed by atoms with E-state index in [1.54, 1.807) is 6.07 Å². The van der Waals surface area contributed by atoms with Crippen molar-refractivity contribution in [2.45, 2.75) is 26.3 Å². The third-order valence-corrected chi connectivity index (χ3v) is 5.85. The van der Waals surface area contributed by atoms with E-state index in [1.165, 1.54) is 6.92 Å². The Hall–Kier alpha value is -2.08. The highest BCUT2D eigenvalue weighted by atomic mass is 35.5. The first-order chi connectivity index (χ1) is 13.9. The van der Waals surface area contributed by atoms with Crippen LogP contribution < -0.4 is 10.6 Å². The number of carbonyl (C=O) groups is 2. The third-order valence-electron chi connectivity index (χ3n) is 5.00. The molecule has 0 saturated carbocycles. The Bertz CT molecular complexity index is 888. The molecule has 1 aliphatic rings. The maximum atomic E-state index is 12.3. The summed E-state index contributed by atoms with van der Waals surface area (Å²) >= 11 is 12.4. The molecule has 2 aromatic carbocycles. The van der Waals surface area contributed by atoms with E-state index in [9.17, 15) is 9.59 Å². The molecule has 2 amide bonds. The molecule has 0 aliphatic carbocycles. The number of nitrogens with zero attached hydrogens (tertiary/aromatic N) is 1. The molecule has 0 bridgehead atoms. The summed E-state index contributed by atoms with van der Waals surface area (Å²) in [5.41, 5.74) is 2.61. The van der Waals surface area contributed by atoms with Gasteiger partial charge in [-0.1, -0.05) is 47.5 Å². The molecule has 1 fully saturated rings. The molecule has 2 N–H and O–H groups in total. The number of hydrogen-bond donors (Lipinski definition) is 2. The lowest BCUT2D eigenvalue weighted by atomic mass is 10.1. The Morgan fingerprint density at radius 1 is 1.17 bits per heavy atom. The third kappa shape index (κ3) is 6.46. The molecular weight excluding hydrogens is 409 g/mol. The highest BCUT2D eigenvalue weighted by Crippen LogP contribution is 2.28. The largest absolute Gasteiger partial charge is 0.355 e. The zero-order chi connectivity index (χ0) is 20.8. The van der Waals surface area contributed by atoms with Gasteiger partial charge in [0.05, 0.1) is 16.5 Å². The quantitative estimate of drug-likeness (QED) is 0.689. The maximum Gasteiger partial charge on any atom is 0.224 e. The molecule has 29 heavy (non-hydrogen) atoms. The normalized spacial score (nSPS) is 16.6. The Kier molecular flexibility index (Phi) is 7.53. The summed E-state index contributed by atoms with van der Waals surface area (Å²) in [6, 6.07) is 13.1. The molecule has 0 spiro atoms. The average molecular weight is 434 g/mol. The van der Waals surface area contributed by atoms with Crippen molar-refractivity contribution in [3.05, 3.63) is 63.6 Å². The summed E-state index contributed by atoms with van der Waals surface area (Å²) in [6.07, 6.45) is 1.33. The van der Waals surface area contributed by atoms with E-state index in [0.717, 1.165) is 37.2 Å². The predicted molar refractivity (Wildman–Crippen MR) is 117 cm³/mol. The van der Waals surface area contributed by atoms with Crippen LogP contribution in [0.1, 0.15) is 24.5 Å². The van der Waals surface area contributed by atoms with Crippen LogP contribution in [0.4, 0.5) is 5.69 Å². The number of likely N-dealkylation sites (tertiary alicyclic amines) is 1. The number of rotatable bonds is 7. The van der Waals surface area contributed by atoms with Gasteiger partial charge in [-0.05, 0) is 48.2 Å². The molecule has 1 heterocycles. The minimum Gasteiger partial charge on any atom is -0.355 e. The monoisotopic (exact) mass is 433 g/mol. The molecule has 1 atom stereocenters. The molecule has 154 valence electrons. The zero-order valence-electron chi connectivity index (χ0n) is 16.4. The predicted octanol–water partition coefficient (Wildman–Crippen LogP) is 4.13. The van der Waals surface area contributed by atoms with Gasteiger partial charge in [0.2, 0.25) is 11.8 Å². The molecule has 7 heteroatoms. The van der Waals surface area contributed by atoms with Gasteiger partial charge in [0.25, 0.3) is 0 Å². The number of nitrogens with one attached hydrogen (secondary N) is 2. The molecule has 0 radical (unpaired) electrons. The van der Waals surface area contributed by atoms with Crippen LogP contribution >= 0.6 is 23.2 Å². The van der Waals surface area contributed by atoms with Crippen molar-refractivity contribution in [2.24, 2.45) is 5.92 Å². The van der Waals surface area contributed by atoms with Crippen LogP contribution in [0.25, 0.3) is 0 Å². The molecule has 0 aromatic heterocycles. The van der Waals surface area contributed by atoms with Crippen LogP contribution in [-0.2, 0) is 22.6 Å². The van der Waals surface area contributed by atoms with E-state index in [2.05, 4.69) is 15.5 Å². The van der Waals surface area contributed by atoms with Crippen molar-refractivity contribution in [2.75, 3.05) is 25.0 Å². The van der Waals surface area contributed by atoms with Gasteiger partial charge in [0, 0.05) is 32.2 Å². The molecular formula is C22H25Cl2N3O2. The molecule has 1 aliphatic heterocycles. The van der Waals surface area contributed by atoms with Crippen LogP contribution in [0, 0.1) is 5.92 Å². The average Bonchev–Trinajstić information content (AvgIpc) is 3.11. The van der Waals surface area contributed by atoms with Gasteiger partial charge >= 0.3 is 0 Å². The number of carbonyl (C=O) groups excluding carboxylic acids is 2. The number of halogens is 2. The van der Waals surface area contributed by atoms with E-state index in [0.29, 0.717) is 34.6 Å². The summed E-state index contributed by atoms with van der Waals surface area (Å²) in [4.78, 5) is 25.8. The van der Waals surface area contributed by atoms with Crippen molar-refractivity contribution in [1.82, 2.24) is 10.2 Å².